The summed E-state index contributed by atoms with van der Waals surface area (Å²) in [5, 5.41) is 2.91. The molecule has 3 aromatic rings. The van der Waals surface area contributed by atoms with Gasteiger partial charge in [-0.3, -0.25) is 19.3 Å². The van der Waals surface area contributed by atoms with Gasteiger partial charge in [0.15, 0.2) is 6.61 Å². The van der Waals surface area contributed by atoms with Gasteiger partial charge >= 0.3 is 5.97 Å². The number of imide groups is 1. The number of rotatable bonds is 8. The lowest BCUT2D eigenvalue weighted by Gasteiger charge is -2.45. The molecule has 0 radical (unpaired) electrons. The topological polar surface area (TPSA) is 92.8 Å². The van der Waals surface area contributed by atoms with Crippen LogP contribution < -0.4 is 5.32 Å². The second-order valence-corrected chi connectivity index (χ2v) is 11.8. The lowest BCUT2D eigenvalue weighted by Crippen LogP contribution is -2.49. The maximum absolute atomic E-state index is 14.1. The van der Waals surface area contributed by atoms with Crippen LogP contribution in [0.15, 0.2) is 66.7 Å². The van der Waals surface area contributed by atoms with E-state index >= 15 is 0 Å². The minimum atomic E-state index is -1.12. The number of carbonyl (C=O) groups is 4. The van der Waals surface area contributed by atoms with E-state index in [1.807, 2.05) is 80.6 Å². The van der Waals surface area contributed by atoms with Crippen molar-refractivity contribution in [3.8, 4) is 0 Å². The van der Waals surface area contributed by atoms with E-state index in [-0.39, 0.29) is 23.7 Å². The second kappa shape index (κ2) is 10.9. The third kappa shape index (κ3) is 4.25. The molecule has 0 aromatic heterocycles. The Balaban J connectivity index is 1.25. The number of ether oxygens (including phenoxy) is 1. The first-order valence-corrected chi connectivity index (χ1v) is 14.9. The van der Waals surface area contributed by atoms with Crippen LogP contribution >= 0.6 is 0 Å². The van der Waals surface area contributed by atoms with Crippen molar-refractivity contribution < 1.29 is 23.9 Å². The Hall–Kier alpha value is -4.26. The first-order chi connectivity index (χ1) is 20.3. The number of benzene rings is 3. The van der Waals surface area contributed by atoms with E-state index in [2.05, 4.69) is 5.32 Å². The van der Waals surface area contributed by atoms with Crippen molar-refractivity contribution in [3.05, 3.63) is 100 Å². The van der Waals surface area contributed by atoms with Crippen molar-refractivity contribution in [2.24, 2.45) is 17.8 Å². The monoisotopic (exact) mass is 564 g/mol. The van der Waals surface area contributed by atoms with Crippen LogP contribution in [0.2, 0.25) is 0 Å². The van der Waals surface area contributed by atoms with Gasteiger partial charge in [-0.2, -0.15) is 0 Å². The van der Waals surface area contributed by atoms with Gasteiger partial charge in [0.2, 0.25) is 11.8 Å². The van der Waals surface area contributed by atoms with Crippen LogP contribution in [0.4, 0.5) is 5.69 Å². The number of nitrogens with one attached hydrogen (secondary N) is 1. The Kier molecular flexibility index (Phi) is 7.21. The van der Waals surface area contributed by atoms with Crippen molar-refractivity contribution in [3.63, 3.8) is 0 Å². The molecule has 216 valence electrons. The standard InChI is InChI=1S/C35H36N2O5/c1-5-20-12-11-13-21(6-2)31(20)36-26(38)18-42-35(41)32(19(3)4)37-33(39)29-27-22-14-7-8-15-23(22)28(30(29)34(37)40)25-17-10-9-16-24(25)27/h7-17,19,27-30,32H,5-6,18H2,1-4H3,(H,36,38)/t27?,28?,29-,30-,32+/m1/s1. The quantitative estimate of drug-likeness (QED) is 0.300. The minimum Gasteiger partial charge on any atom is -0.454 e. The number of carbonyl (C=O) groups excluding carboxylic acids is 4. The molecule has 1 fully saturated rings. The summed E-state index contributed by atoms with van der Waals surface area (Å²) in [6.07, 6.45) is 1.49. The van der Waals surface area contributed by atoms with E-state index in [9.17, 15) is 19.2 Å². The lowest BCUT2D eigenvalue weighted by molar-refractivity contribution is -0.162. The average molecular weight is 565 g/mol. The highest BCUT2D eigenvalue weighted by atomic mass is 16.5. The number of aryl methyl sites for hydroxylation is 2. The van der Waals surface area contributed by atoms with Gasteiger partial charge in [0.1, 0.15) is 6.04 Å². The van der Waals surface area contributed by atoms with Gasteiger partial charge in [-0.05, 0) is 52.1 Å². The van der Waals surface area contributed by atoms with Crippen molar-refractivity contribution >= 4 is 29.4 Å². The Morgan fingerprint density at radius 1 is 0.762 bits per heavy atom. The smallest absolute Gasteiger partial charge is 0.330 e. The minimum absolute atomic E-state index is 0.255. The molecule has 1 aliphatic heterocycles. The second-order valence-electron chi connectivity index (χ2n) is 11.8. The molecule has 4 aliphatic rings. The molecule has 42 heavy (non-hydrogen) atoms. The van der Waals surface area contributed by atoms with Gasteiger partial charge in [0.25, 0.3) is 5.91 Å². The molecule has 3 aromatic carbocycles. The van der Waals surface area contributed by atoms with Crippen LogP contribution in [0.3, 0.4) is 0 Å². The summed E-state index contributed by atoms with van der Waals surface area (Å²) in [5.41, 5.74) is 7.04. The largest absolute Gasteiger partial charge is 0.454 e. The van der Waals surface area contributed by atoms with Crippen LogP contribution in [-0.4, -0.2) is 41.2 Å². The molecule has 2 bridgehead atoms. The number of esters is 1. The Morgan fingerprint density at radius 2 is 1.21 bits per heavy atom. The fourth-order valence-electron chi connectivity index (χ4n) is 7.45. The molecule has 7 heteroatoms. The van der Waals surface area contributed by atoms with E-state index in [0.29, 0.717) is 0 Å². The number of hydrogen-bond acceptors (Lipinski definition) is 5. The Morgan fingerprint density at radius 3 is 1.62 bits per heavy atom. The summed E-state index contributed by atoms with van der Waals surface area (Å²) in [6, 6.07) is 20.8. The first kappa shape index (κ1) is 27.9. The molecule has 1 heterocycles. The summed E-state index contributed by atoms with van der Waals surface area (Å²) in [4.78, 5) is 55.9. The number of amides is 3. The third-order valence-corrected chi connectivity index (χ3v) is 9.24. The van der Waals surface area contributed by atoms with Crippen molar-refractivity contribution in [1.29, 1.82) is 0 Å². The number of hydrogen-bond donors (Lipinski definition) is 1. The van der Waals surface area contributed by atoms with Crippen LogP contribution in [0.25, 0.3) is 0 Å². The molecule has 1 saturated heterocycles. The van der Waals surface area contributed by atoms with Gasteiger partial charge in [-0.25, -0.2) is 4.79 Å². The molecule has 1 N–H and O–H groups in total. The first-order valence-electron chi connectivity index (χ1n) is 14.9. The predicted octanol–water partition coefficient (Wildman–Crippen LogP) is 5.21. The van der Waals surface area contributed by atoms with Gasteiger partial charge in [-0.15, -0.1) is 0 Å². The van der Waals surface area contributed by atoms with Crippen molar-refractivity contribution in [2.75, 3.05) is 11.9 Å². The van der Waals surface area contributed by atoms with Crippen LogP contribution in [0.1, 0.15) is 72.9 Å². The van der Waals surface area contributed by atoms with Crippen LogP contribution in [0, 0.1) is 17.8 Å². The normalized spacial score (nSPS) is 22.5. The Bertz CT molecular complexity index is 1460. The van der Waals surface area contributed by atoms with Gasteiger partial charge in [0.05, 0.1) is 11.8 Å². The number of anilines is 1. The van der Waals surface area contributed by atoms with E-state index in [1.165, 1.54) is 0 Å². The van der Waals surface area contributed by atoms with Crippen molar-refractivity contribution in [1.82, 2.24) is 4.90 Å². The maximum Gasteiger partial charge on any atom is 0.330 e. The number of para-hydroxylation sites is 1. The molecule has 7 nitrogen and oxygen atoms in total. The fraction of sp³-hybridized carbons (Fsp3) is 0.371. The van der Waals surface area contributed by atoms with Gasteiger partial charge in [-0.1, -0.05) is 94.4 Å². The molecule has 3 atom stereocenters. The number of nitrogens with zero attached hydrogens (tertiary/aromatic N) is 1. The zero-order valence-electron chi connectivity index (χ0n) is 24.4. The SMILES string of the molecule is CCc1cccc(CC)c1NC(=O)COC(=O)[C@H](C(C)C)N1C(=O)[C@@H]2C3c4ccccc4C(c4ccccc43)[C@H]2C1=O. The van der Waals surface area contributed by atoms with Gasteiger partial charge < -0.3 is 10.1 Å². The van der Waals surface area contributed by atoms with E-state index in [1.54, 1.807) is 13.8 Å². The summed E-state index contributed by atoms with van der Waals surface area (Å²) >= 11 is 0. The highest BCUT2D eigenvalue weighted by Gasteiger charge is 2.63. The molecule has 0 unspecified atom stereocenters. The molecule has 3 aliphatic carbocycles. The predicted molar refractivity (Wildman–Crippen MR) is 159 cm³/mol. The number of likely N-dealkylation sites (tertiary alicyclic amines) is 1. The fourth-order valence-corrected chi connectivity index (χ4v) is 7.45. The molecular formula is C35H36N2O5. The molecular weight excluding hydrogens is 528 g/mol. The molecule has 7 rings (SSSR count). The summed E-state index contributed by atoms with van der Waals surface area (Å²) in [5.74, 6) is -3.96. The van der Waals surface area contributed by atoms with Crippen LogP contribution in [0.5, 0.6) is 0 Å². The Labute approximate surface area is 246 Å². The summed E-state index contributed by atoms with van der Waals surface area (Å²) < 4.78 is 5.50. The van der Waals surface area contributed by atoms with E-state index < -0.39 is 42.3 Å². The summed E-state index contributed by atoms with van der Waals surface area (Å²) in [6.45, 7) is 7.11. The molecule has 0 saturated carbocycles. The van der Waals surface area contributed by atoms with E-state index in [0.717, 1.165) is 56.8 Å². The zero-order chi connectivity index (χ0) is 29.7. The lowest BCUT2D eigenvalue weighted by atomic mass is 9.55. The summed E-state index contributed by atoms with van der Waals surface area (Å²) in [7, 11) is 0. The van der Waals surface area contributed by atoms with Gasteiger partial charge in [0, 0.05) is 17.5 Å². The van der Waals surface area contributed by atoms with E-state index in [4.69, 9.17) is 4.74 Å². The molecule has 0 spiro atoms. The highest BCUT2D eigenvalue weighted by molar-refractivity contribution is 6.10. The van der Waals surface area contributed by atoms with Crippen LogP contribution in [-0.2, 0) is 36.8 Å². The average Bonchev–Trinajstić information content (AvgIpc) is 3.26. The zero-order valence-corrected chi connectivity index (χ0v) is 24.4. The third-order valence-electron chi connectivity index (χ3n) is 9.24. The molecule has 3 amide bonds. The maximum atomic E-state index is 14.1. The van der Waals surface area contributed by atoms with Crippen molar-refractivity contribution in [2.45, 2.75) is 58.4 Å². The highest BCUT2D eigenvalue weighted by Crippen LogP contribution is 2.61.